The molecule has 0 saturated carbocycles. The number of aromatic nitrogens is 2. The van der Waals surface area contributed by atoms with Gasteiger partial charge in [0.05, 0.1) is 26.0 Å². The Hall–Kier alpha value is -2.59. The highest BCUT2D eigenvalue weighted by atomic mass is 35.5. The Morgan fingerprint density at radius 3 is 2.59 bits per heavy atom. The third kappa shape index (κ3) is 5.55. The average Bonchev–Trinajstić information content (AvgIpc) is 3.54. The van der Waals surface area contributed by atoms with Crippen molar-refractivity contribution in [3.8, 4) is 0 Å². The van der Waals surface area contributed by atoms with Crippen LogP contribution in [-0.4, -0.2) is 48.0 Å². The molecule has 8 nitrogen and oxygen atoms in total. The molecule has 0 radical (unpaired) electrons. The number of anilines is 1. The lowest BCUT2D eigenvalue weighted by molar-refractivity contribution is -0.169. The number of carbonyl (C=O) groups is 1. The van der Waals surface area contributed by atoms with Crippen LogP contribution in [-0.2, 0) is 21.8 Å². The van der Waals surface area contributed by atoms with Crippen molar-refractivity contribution < 1.29 is 18.7 Å². The number of halogens is 1. The second-order valence-electron chi connectivity index (χ2n) is 8.17. The van der Waals surface area contributed by atoms with Gasteiger partial charge in [0, 0.05) is 43.3 Å². The monoisotopic (exact) mass is 500 g/mol. The Labute approximate surface area is 207 Å². The Balaban J connectivity index is 1.16. The van der Waals surface area contributed by atoms with Crippen molar-refractivity contribution in [3.05, 3.63) is 70.8 Å². The molecule has 0 aliphatic carbocycles. The van der Waals surface area contributed by atoms with Crippen LogP contribution in [0, 0.1) is 0 Å². The highest BCUT2D eigenvalue weighted by molar-refractivity contribution is 7.98. The maximum atomic E-state index is 12.3. The second kappa shape index (κ2) is 10.4. The minimum Gasteiger partial charge on any atom is -0.467 e. The lowest BCUT2D eigenvalue weighted by atomic mass is 10.0. The molecule has 2 aliphatic heterocycles. The van der Waals surface area contributed by atoms with Gasteiger partial charge in [0.2, 0.25) is 0 Å². The average molecular weight is 501 g/mol. The number of piperidine rings is 1. The summed E-state index contributed by atoms with van der Waals surface area (Å²) in [4.78, 5) is 23.6. The molecule has 4 heterocycles. The fourth-order valence-corrected chi connectivity index (χ4v) is 5.09. The first-order valence-corrected chi connectivity index (χ1v) is 12.5. The van der Waals surface area contributed by atoms with E-state index in [1.807, 2.05) is 30.3 Å². The zero-order valence-electron chi connectivity index (χ0n) is 18.5. The maximum absolute atomic E-state index is 12.3. The Morgan fingerprint density at radius 1 is 1.12 bits per heavy atom. The van der Waals surface area contributed by atoms with E-state index in [0.717, 1.165) is 37.3 Å². The second-order valence-corrected chi connectivity index (χ2v) is 9.50. The van der Waals surface area contributed by atoms with Gasteiger partial charge in [0.1, 0.15) is 16.7 Å². The van der Waals surface area contributed by atoms with Gasteiger partial charge in [-0.05, 0) is 29.8 Å². The van der Waals surface area contributed by atoms with Crippen molar-refractivity contribution in [2.45, 2.75) is 36.1 Å². The predicted molar refractivity (Wildman–Crippen MR) is 129 cm³/mol. The van der Waals surface area contributed by atoms with Crippen molar-refractivity contribution in [1.29, 1.82) is 0 Å². The van der Waals surface area contributed by atoms with E-state index in [0.29, 0.717) is 47.1 Å². The van der Waals surface area contributed by atoms with E-state index in [9.17, 15) is 4.79 Å². The normalized spacial score (nSPS) is 17.3. The molecule has 3 aromatic rings. The number of thioether (sulfide) groups is 1. The van der Waals surface area contributed by atoms with Crippen molar-refractivity contribution in [1.82, 2.24) is 15.3 Å². The summed E-state index contributed by atoms with van der Waals surface area (Å²) in [7, 11) is 0. The first kappa shape index (κ1) is 23.2. The van der Waals surface area contributed by atoms with Gasteiger partial charge in [-0.25, -0.2) is 9.97 Å². The van der Waals surface area contributed by atoms with E-state index < -0.39 is 5.79 Å². The summed E-state index contributed by atoms with van der Waals surface area (Å²) in [6.07, 6.45) is 3.19. The number of furan rings is 1. The molecule has 2 aromatic heterocycles. The molecule has 178 valence electrons. The van der Waals surface area contributed by atoms with Gasteiger partial charge >= 0.3 is 0 Å². The Bertz CT molecular complexity index is 1110. The number of nitrogens with zero attached hydrogens (tertiary/aromatic N) is 3. The molecule has 1 aromatic carbocycles. The zero-order valence-corrected chi connectivity index (χ0v) is 20.1. The molecule has 1 spiro atoms. The van der Waals surface area contributed by atoms with Crippen molar-refractivity contribution >= 4 is 35.1 Å². The summed E-state index contributed by atoms with van der Waals surface area (Å²) < 4.78 is 16.9. The summed E-state index contributed by atoms with van der Waals surface area (Å²) in [5.74, 6) is 1.63. The van der Waals surface area contributed by atoms with Crippen LogP contribution in [0.2, 0.25) is 5.15 Å². The van der Waals surface area contributed by atoms with E-state index in [2.05, 4.69) is 15.2 Å². The SMILES string of the molecule is O=C(NCc1ccco1)c1ccc(CSc2nc(Cl)cc(N3CCC4(CC3)OCCO4)n2)cc1. The third-order valence-electron chi connectivity index (χ3n) is 5.91. The van der Waals surface area contributed by atoms with Crippen LogP contribution in [0.3, 0.4) is 0 Å². The highest BCUT2D eigenvalue weighted by Gasteiger charge is 2.40. The number of amides is 1. The molecule has 0 atom stereocenters. The summed E-state index contributed by atoms with van der Waals surface area (Å²) in [5.41, 5.74) is 1.66. The Kier molecular flexibility index (Phi) is 7.05. The first-order valence-electron chi connectivity index (χ1n) is 11.2. The predicted octanol–water partition coefficient (Wildman–Crippen LogP) is 4.29. The molecule has 2 fully saturated rings. The molecular formula is C24H25ClN4O4S. The largest absolute Gasteiger partial charge is 0.467 e. The molecule has 5 rings (SSSR count). The van der Waals surface area contributed by atoms with Crippen LogP contribution in [0.15, 0.2) is 58.3 Å². The number of rotatable bonds is 7. The molecule has 1 N–H and O–H groups in total. The van der Waals surface area contributed by atoms with Gasteiger partial charge < -0.3 is 24.1 Å². The molecular weight excluding hydrogens is 476 g/mol. The van der Waals surface area contributed by atoms with Crippen LogP contribution >= 0.6 is 23.4 Å². The van der Waals surface area contributed by atoms with Gasteiger partial charge in [0.15, 0.2) is 10.9 Å². The van der Waals surface area contributed by atoms with Crippen LogP contribution in [0.5, 0.6) is 0 Å². The molecule has 2 aliphatic rings. The summed E-state index contributed by atoms with van der Waals surface area (Å²) >= 11 is 7.81. The van der Waals surface area contributed by atoms with Crippen molar-refractivity contribution in [2.24, 2.45) is 0 Å². The molecule has 10 heteroatoms. The van der Waals surface area contributed by atoms with Gasteiger partial charge in [-0.1, -0.05) is 35.5 Å². The fourth-order valence-electron chi connectivity index (χ4n) is 4.06. The van der Waals surface area contributed by atoms with Crippen LogP contribution < -0.4 is 10.2 Å². The number of benzene rings is 1. The van der Waals surface area contributed by atoms with Gasteiger partial charge in [0.25, 0.3) is 5.91 Å². The van der Waals surface area contributed by atoms with Crippen LogP contribution in [0.4, 0.5) is 5.82 Å². The fraction of sp³-hybridized carbons (Fsp3) is 0.375. The standard InChI is InChI=1S/C24H25ClN4O4S/c25-20-14-21(29-9-7-24(8-10-29)32-12-13-33-24)28-23(27-20)34-16-17-3-5-18(6-4-17)22(30)26-15-19-2-1-11-31-19/h1-6,11,14H,7-10,12-13,15-16H2,(H,26,30). The van der Waals surface area contributed by atoms with E-state index in [-0.39, 0.29) is 5.91 Å². The molecule has 0 unspecified atom stereocenters. The van der Waals surface area contributed by atoms with Crippen molar-refractivity contribution in [3.63, 3.8) is 0 Å². The first-order chi connectivity index (χ1) is 16.6. The number of nitrogens with one attached hydrogen (secondary N) is 1. The molecule has 0 bridgehead atoms. The van der Waals surface area contributed by atoms with Crippen LogP contribution in [0.1, 0.15) is 34.5 Å². The topological polar surface area (TPSA) is 89.7 Å². The van der Waals surface area contributed by atoms with E-state index in [1.165, 1.54) is 11.8 Å². The van der Waals surface area contributed by atoms with E-state index in [1.54, 1.807) is 18.4 Å². The lowest BCUT2D eigenvalue weighted by Crippen LogP contribution is -2.45. The molecule has 1 amide bonds. The number of ether oxygens (including phenoxy) is 2. The number of hydrogen-bond donors (Lipinski definition) is 1. The van der Waals surface area contributed by atoms with Gasteiger partial charge in [-0.2, -0.15) is 0 Å². The maximum Gasteiger partial charge on any atom is 0.251 e. The highest BCUT2D eigenvalue weighted by Crippen LogP contribution is 2.33. The summed E-state index contributed by atoms with van der Waals surface area (Å²) in [5, 5.41) is 3.89. The number of carbonyl (C=O) groups excluding carboxylic acids is 1. The quantitative estimate of drug-likeness (QED) is 0.292. The Morgan fingerprint density at radius 2 is 1.88 bits per heavy atom. The third-order valence-corrected chi connectivity index (χ3v) is 7.02. The van der Waals surface area contributed by atoms with E-state index >= 15 is 0 Å². The van der Waals surface area contributed by atoms with Crippen LogP contribution in [0.25, 0.3) is 0 Å². The van der Waals surface area contributed by atoms with Gasteiger partial charge in [-0.3, -0.25) is 4.79 Å². The van der Waals surface area contributed by atoms with Gasteiger partial charge in [-0.15, -0.1) is 0 Å². The minimum atomic E-state index is -0.424. The van der Waals surface area contributed by atoms with Crippen molar-refractivity contribution in [2.75, 3.05) is 31.2 Å². The summed E-state index contributed by atoms with van der Waals surface area (Å²) in [6.45, 7) is 3.27. The summed E-state index contributed by atoms with van der Waals surface area (Å²) in [6, 6.07) is 12.9. The lowest BCUT2D eigenvalue weighted by Gasteiger charge is -2.38. The van der Waals surface area contributed by atoms with E-state index in [4.69, 9.17) is 30.5 Å². The number of hydrogen-bond acceptors (Lipinski definition) is 8. The molecule has 2 saturated heterocycles. The molecule has 34 heavy (non-hydrogen) atoms. The minimum absolute atomic E-state index is 0.143. The zero-order chi connectivity index (χ0) is 23.4. The smallest absolute Gasteiger partial charge is 0.251 e.